The summed E-state index contributed by atoms with van der Waals surface area (Å²) in [5.74, 6) is 0. The highest BCUT2D eigenvalue weighted by atomic mass is 35.5. The van der Waals surface area contributed by atoms with Crippen molar-refractivity contribution in [3.8, 4) is 0 Å². The molecule has 0 radical (unpaired) electrons. The Hall–Kier alpha value is -1.47. The molecule has 0 aliphatic rings. The van der Waals surface area contributed by atoms with Crippen LogP contribution < -0.4 is 0 Å². The van der Waals surface area contributed by atoms with Gasteiger partial charge in [0.2, 0.25) is 0 Å². The first-order chi connectivity index (χ1) is 12.1. The van der Waals surface area contributed by atoms with Crippen LogP contribution in [0.25, 0.3) is 0 Å². The van der Waals surface area contributed by atoms with Crippen molar-refractivity contribution in [3.63, 3.8) is 0 Å². The highest BCUT2D eigenvalue weighted by Crippen LogP contribution is 2.30. The number of nitrogens with zero attached hydrogens (tertiary/aromatic N) is 3. The van der Waals surface area contributed by atoms with Crippen molar-refractivity contribution in [3.05, 3.63) is 29.0 Å². The lowest BCUT2D eigenvalue weighted by Crippen LogP contribution is -2.48. The van der Waals surface area contributed by atoms with E-state index in [9.17, 15) is 9.00 Å². The van der Waals surface area contributed by atoms with Gasteiger partial charge in [0.15, 0.2) is 0 Å². The third-order valence-corrected chi connectivity index (χ3v) is 5.28. The van der Waals surface area contributed by atoms with Crippen molar-refractivity contribution in [1.29, 1.82) is 0 Å². The minimum atomic E-state index is -1.40. The van der Waals surface area contributed by atoms with Crippen molar-refractivity contribution in [2.45, 2.75) is 71.3 Å². The minimum Gasteiger partial charge on any atom is -0.444 e. The molecule has 152 valence electrons. The van der Waals surface area contributed by atoms with E-state index in [0.717, 1.165) is 5.56 Å². The molecular formula is C19H30ClN3O3S. The van der Waals surface area contributed by atoms with E-state index in [0.29, 0.717) is 5.15 Å². The van der Waals surface area contributed by atoms with Gasteiger partial charge in [0.05, 0.1) is 16.8 Å². The summed E-state index contributed by atoms with van der Waals surface area (Å²) >= 11 is 6.03. The number of pyridine rings is 1. The summed E-state index contributed by atoms with van der Waals surface area (Å²) in [6.07, 6.45) is 2.60. The molecule has 0 saturated heterocycles. The Balaban J connectivity index is 3.19. The van der Waals surface area contributed by atoms with Crippen LogP contribution in [0.5, 0.6) is 0 Å². The van der Waals surface area contributed by atoms with E-state index in [1.165, 1.54) is 11.1 Å². The number of halogens is 1. The zero-order valence-electron chi connectivity index (χ0n) is 17.4. The maximum Gasteiger partial charge on any atom is 0.411 e. The summed E-state index contributed by atoms with van der Waals surface area (Å²) in [6.45, 7) is 14.9. The number of aromatic nitrogens is 1. The van der Waals surface area contributed by atoms with Crippen LogP contribution >= 0.6 is 11.6 Å². The molecule has 0 aromatic carbocycles. The molecule has 1 aromatic rings. The third kappa shape index (κ3) is 7.22. The Morgan fingerprint density at radius 2 is 1.85 bits per heavy atom. The quantitative estimate of drug-likeness (QED) is 0.514. The molecule has 0 spiro atoms. The highest BCUT2D eigenvalue weighted by molar-refractivity contribution is 7.85. The maximum atomic E-state index is 12.9. The predicted octanol–water partition coefficient (Wildman–Crippen LogP) is 4.74. The Kier molecular flexibility index (Phi) is 7.59. The molecule has 8 heteroatoms. The summed E-state index contributed by atoms with van der Waals surface area (Å²) < 4.78 is 21.4. The van der Waals surface area contributed by atoms with Crippen LogP contribution in [0.3, 0.4) is 0 Å². The second-order valence-electron chi connectivity index (χ2n) is 8.67. The molecule has 0 saturated carbocycles. The zero-order valence-corrected chi connectivity index (χ0v) is 18.9. The molecule has 1 aromatic heterocycles. The predicted molar refractivity (Wildman–Crippen MR) is 112 cm³/mol. The topological polar surface area (TPSA) is 71.9 Å². The SMILES string of the molecule is CC(C)(C)OC(=O)N(C/C=N/S(=O)C(C)(C)C)C(C)(C)c1ccnc(Cl)c1. The van der Waals surface area contributed by atoms with Crippen LogP contribution in [0.1, 0.15) is 61.0 Å². The van der Waals surface area contributed by atoms with E-state index in [2.05, 4.69) is 9.38 Å². The number of hydrogen-bond donors (Lipinski definition) is 0. The average Bonchev–Trinajstić information content (AvgIpc) is 2.48. The molecule has 1 atom stereocenters. The fraction of sp³-hybridized carbons (Fsp3) is 0.632. The standard InChI is InChI=1S/C19H30ClN3O3S/c1-17(2,3)26-16(24)23(12-11-22-27(25)18(4,5)6)19(7,8)14-9-10-21-15(20)13-14/h9-11,13H,12H2,1-8H3/b22-11+. The van der Waals surface area contributed by atoms with Crippen molar-refractivity contribution in [1.82, 2.24) is 9.88 Å². The fourth-order valence-corrected chi connectivity index (χ4v) is 2.82. The van der Waals surface area contributed by atoms with Crippen molar-refractivity contribution < 1.29 is 13.7 Å². The van der Waals surface area contributed by atoms with Crippen LogP contribution in [0.15, 0.2) is 22.7 Å². The van der Waals surface area contributed by atoms with E-state index >= 15 is 0 Å². The van der Waals surface area contributed by atoms with Crippen LogP contribution in [0.2, 0.25) is 5.15 Å². The number of carbonyl (C=O) groups excluding carboxylic acids is 1. The molecule has 6 nitrogen and oxygen atoms in total. The zero-order chi connectivity index (χ0) is 21.0. The van der Waals surface area contributed by atoms with Crippen molar-refractivity contribution >= 4 is 34.9 Å². The van der Waals surface area contributed by atoms with Crippen molar-refractivity contribution in [2.24, 2.45) is 4.40 Å². The minimum absolute atomic E-state index is 0.143. The van der Waals surface area contributed by atoms with Crippen LogP contribution in [-0.4, -0.2) is 43.3 Å². The Morgan fingerprint density at radius 1 is 1.26 bits per heavy atom. The van der Waals surface area contributed by atoms with Crippen LogP contribution in [0, 0.1) is 0 Å². The smallest absolute Gasteiger partial charge is 0.411 e. The number of carbonyl (C=O) groups is 1. The highest BCUT2D eigenvalue weighted by Gasteiger charge is 2.35. The second kappa shape index (κ2) is 8.69. The van der Waals surface area contributed by atoms with Gasteiger partial charge in [-0.05, 0) is 73.1 Å². The molecular weight excluding hydrogens is 386 g/mol. The van der Waals surface area contributed by atoms with E-state index in [1.54, 1.807) is 18.3 Å². The third-order valence-electron chi connectivity index (χ3n) is 3.68. The first-order valence-corrected chi connectivity index (χ1v) is 10.2. The average molecular weight is 416 g/mol. The van der Waals surface area contributed by atoms with Gasteiger partial charge < -0.3 is 4.74 Å². The fourth-order valence-electron chi connectivity index (χ4n) is 2.13. The molecule has 0 aliphatic heterocycles. The molecule has 1 amide bonds. The summed E-state index contributed by atoms with van der Waals surface area (Å²) in [6, 6.07) is 3.51. The Morgan fingerprint density at radius 3 is 2.33 bits per heavy atom. The van der Waals surface area contributed by atoms with Gasteiger partial charge in [0, 0.05) is 12.4 Å². The van der Waals surface area contributed by atoms with Gasteiger partial charge in [-0.25, -0.2) is 14.0 Å². The summed E-state index contributed by atoms with van der Waals surface area (Å²) in [4.78, 5) is 18.4. The number of hydrogen-bond acceptors (Lipinski definition) is 4. The lowest BCUT2D eigenvalue weighted by atomic mass is 9.93. The summed E-state index contributed by atoms with van der Waals surface area (Å²) in [5, 5.41) is 0.340. The van der Waals surface area contributed by atoms with Gasteiger partial charge in [-0.1, -0.05) is 11.6 Å². The molecule has 0 N–H and O–H groups in total. The summed E-state index contributed by atoms with van der Waals surface area (Å²) in [5.41, 5.74) is -0.588. The van der Waals surface area contributed by atoms with Crippen molar-refractivity contribution in [2.75, 3.05) is 6.54 Å². The number of amides is 1. The molecule has 0 bridgehead atoms. The first-order valence-electron chi connectivity index (χ1n) is 8.72. The van der Waals surface area contributed by atoms with E-state index in [-0.39, 0.29) is 6.54 Å². The van der Waals surface area contributed by atoms with Gasteiger partial charge in [-0.2, -0.15) is 4.40 Å². The number of rotatable bonds is 5. The van der Waals surface area contributed by atoms with E-state index in [4.69, 9.17) is 16.3 Å². The maximum absolute atomic E-state index is 12.9. The molecule has 0 aliphatic carbocycles. The Bertz CT molecular complexity index is 722. The monoisotopic (exact) mass is 415 g/mol. The molecule has 27 heavy (non-hydrogen) atoms. The van der Waals surface area contributed by atoms with Crippen LogP contribution in [0.4, 0.5) is 4.79 Å². The van der Waals surface area contributed by atoms with E-state index in [1.807, 2.05) is 55.4 Å². The summed E-state index contributed by atoms with van der Waals surface area (Å²) in [7, 11) is -1.40. The Labute approximate surface area is 170 Å². The van der Waals surface area contributed by atoms with Gasteiger partial charge in [-0.3, -0.25) is 4.90 Å². The lowest BCUT2D eigenvalue weighted by Gasteiger charge is -2.39. The van der Waals surface area contributed by atoms with Gasteiger partial charge in [-0.15, -0.1) is 0 Å². The van der Waals surface area contributed by atoms with Crippen LogP contribution in [-0.2, 0) is 21.3 Å². The van der Waals surface area contributed by atoms with Gasteiger partial charge >= 0.3 is 6.09 Å². The van der Waals surface area contributed by atoms with Gasteiger partial charge in [0.25, 0.3) is 0 Å². The largest absolute Gasteiger partial charge is 0.444 e. The number of ether oxygens (including phenoxy) is 1. The molecule has 1 rings (SSSR count). The normalized spacial score (nSPS) is 14.3. The molecule has 1 unspecified atom stereocenters. The second-order valence-corrected chi connectivity index (χ2v) is 11.0. The molecule has 0 fully saturated rings. The lowest BCUT2D eigenvalue weighted by molar-refractivity contribution is 0.00730. The molecule has 1 heterocycles. The van der Waals surface area contributed by atoms with Gasteiger partial charge in [0.1, 0.15) is 21.7 Å². The first kappa shape index (κ1) is 23.6. The van der Waals surface area contributed by atoms with E-state index < -0.39 is 33.0 Å².